The molecule has 0 aliphatic rings. The molecule has 0 saturated heterocycles. The lowest BCUT2D eigenvalue weighted by atomic mass is 10.1. The lowest BCUT2D eigenvalue weighted by Gasteiger charge is -2.10. The van der Waals surface area contributed by atoms with E-state index in [4.69, 9.17) is 18.8 Å². The minimum absolute atomic E-state index is 0.590. The standard InChI is InChI=1S/C40H21N3O2S/c1-5-16-28-24(11-1)34-29(20-21-33-35(34)26-13-4-8-19-32(26)46-33)43(28)40-41-36-25-12-3-7-18-31(25)45-39(36)37(42-40)27-15-9-14-23-22-10-2-6-17-30(22)44-38(23)27/h1-21H. The monoisotopic (exact) mass is 607 g/mol. The van der Waals surface area contributed by atoms with Crippen LogP contribution in [0.5, 0.6) is 0 Å². The zero-order valence-electron chi connectivity index (χ0n) is 24.2. The average molecular weight is 608 g/mol. The van der Waals surface area contributed by atoms with Crippen LogP contribution in [0, 0.1) is 0 Å². The predicted octanol–water partition coefficient (Wildman–Crippen LogP) is 11.4. The van der Waals surface area contributed by atoms with Crippen LogP contribution < -0.4 is 0 Å². The minimum Gasteiger partial charge on any atom is -0.455 e. The van der Waals surface area contributed by atoms with Gasteiger partial charge in [0.2, 0.25) is 5.95 Å². The van der Waals surface area contributed by atoms with Crippen molar-refractivity contribution in [3.05, 3.63) is 127 Å². The Morgan fingerprint density at radius 3 is 2.07 bits per heavy atom. The molecule has 0 aliphatic carbocycles. The molecule has 0 unspecified atom stereocenters. The van der Waals surface area contributed by atoms with E-state index < -0.39 is 0 Å². The number of aromatic nitrogens is 3. The number of furan rings is 2. The Balaban J connectivity index is 1.31. The normalized spacial score (nSPS) is 12.3. The molecule has 11 aromatic rings. The molecule has 0 N–H and O–H groups in total. The average Bonchev–Trinajstić information content (AvgIpc) is 3.86. The first-order valence-electron chi connectivity index (χ1n) is 15.3. The van der Waals surface area contributed by atoms with E-state index in [1.165, 1.54) is 30.9 Å². The lowest BCUT2D eigenvalue weighted by Crippen LogP contribution is -2.03. The van der Waals surface area contributed by atoms with Gasteiger partial charge in [-0.15, -0.1) is 11.3 Å². The van der Waals surface area contributed by atoms with Crippen molar-refractivity contribution in [2.45, 2.75) is 0 Å². The summed E-state index contributed by atoms with van der Waals surface area (Å²) in [6.07, 6.45) is 0. The van der Waals surface area contributed by atoms with Gasteiger partial charge in [-0.3, -0.25) is 4.57 Å². The molecule has 214 valence electrons. The van der Waals surface area contributed by atoms with Gasteiger partial charge in [0.25, 0.3) is 0 Å². The number of rotatable bonds is 2. The summed E-state index contributed by atoms with van der Waals surface area (Å²) in [5, 5.41) is 8.00. The molecule has 0 aliphatic heterocycles. The molecule has 5 heterocycles. The van der Waals surface area contributed by atoms with Crippen molar-refractivity contribution in [3.8, 4) is 17.2 Å². The zero-order chi connectivity index (χ0) is 29.9. The van der Waals surface area contributed by atoms with E-state index in [0.29, 0.717) is 17.2 Å². The van der Waals surface area contributed by atoms with E-state index in [1.807, 2.05) is 47.7 Å². The van der Waals surface area contributed by atoms with Gasteiger partial charge in [0.05, 0.1) is 11.0 Å². The Bertz CT molecular complexity index is 3050. The maximum absolute atomic E-state index is 6.53. The van der Waals surface area contributed by atoms with Crippen LogP contribution in [0.15, 0.2) is 136 Å². The maximum atomic E-state index is 6.53. The van der Waals surface area contributed by atoms with Crippen LogP contribution in [0.25, 0.3) is 103 Å². The SMILES string of the molecule is c1ccc2c(c1)oc1c(-c3nc(-n4c5ccccc5c5c6c(ccc54)sc4ccccc46)nc4c3oc3ccccc34)cccc12. The Kier molecular flexibility index (Phi) is 4.66. The van der Waals surface area contributed by atoms with Gasteiger partial charge in [0.1, 0.15) is 28.0 Å². The van der Waals surface area contributed by atoms with Gasteiger partial charge in [0, 0.05) is 52.7 Å². The Labute approximate surface area is 264 Å². The third-order valence-electron chi connectivity index (χ3n) is 9.24. The van der Waals surface area contributed by atoms with Gasteiger partial charge in [-0.1, -0.05) is 78.9 Å². The minimum atomic E-state index is 0.590. The Hall–Kier alpha value is -5.98. The van der Waals surface area contributed by atoms with Crippen molar-refractivity contribution in [2.75, 3.05) is 0 Å². The van der Waals surface area contributed by atoms with E-state index in [9.17, 15) is 0 Å². The van der Waals surface area contributed by atoms with Crippen molar-refractivity contribution >= 4 is 97.3 Å². The molecule has 0 spiro atoms. The topological polar surface area (TPSA) is 57.0 Å². The third-order valence-corrected chi connectivity index (χ3v) is 10.4. The highest BCUT2D eigenvalue weighted by atomic mass is 32.1. The summed E-state index contributed by atoms with van der Waals surface area (Å²) in [6.45, 7) is 0. The fourth-order valence-corrected chi connectivity index (χ4v) is 8.40. The summed E-state index contributed by atoms with van der Waals surface area (Å²) < 4.78 is 17.8. The first-order chi connectivity index (χ1) is 22.8. The summed E-state index contributed by atoms with van der Waals surface area (Å²) in [7, 11) is 0. The van der Waals surface area contributed by atoms with Crippen molar-refractivity contribution in [3.63, 3.8) is 0 Å². The van der Waals surface area contributed by atoms with Gasteiger partial charge in [0.15, 0.2) is 5.58 Å². The van der Waals surface area contributed by atoms with Gasteiger partial charge >= 0.3 is 0 Å². The number of para-hydroxylation sites is 4. The van der Waals surface area contributed by atoms with Crippen LogP contribution >= 0.6 is 11.3 Å². The summed E-state index contributed by atoms with van der Waals surface area (Å²) in [6, 6.07) is 44.1. The highest BCUT2D eigenvalue weighted by molar-refractivity contribution is 7.26. The molecule has 0 amide bonds. The molecule has 0 fully saturated rings. The maximum Gasteiger partial charge on any atom is 0.236 e. The number of nitrogens with zero attached hydrogens (tertiary/aromatic N) is 3. The molecule has 0 atom stereocenters. The number of fused-ring (bicyclic) bond motifs is 13. The Morgan fingerprint density at radius 1 is 0.478 bits per heavy atom. The Morgan fingerprint density at radius 2 is 1.17 bits per heavy atom. The summed E-state index contributed by atoms with van der Waals surface area (Å²) in [5.74, 6) is 0.590. The third kappa shape index (κ3) is 3.13. The molecule has 6 heteroatoms. The second-order valence-electron chi connectivity index (χ2n) is 11.7. The van der Waals surface area contributed by atoms with Crippen LogP contribution in [0.3, 0.4) is 0 Å². The van der Waals surface area contributed by atoms with Gasteiger partial charge < -0.3 is 8.83 Å². The summed E-state index contributed by atoms with van der Waals surface area (Å²) >= 11 is 1.83. The largest absolute Gasteiger partial charge is 0.455 e. The predicted molar refractivity (Wildman–Crippen MR) is 189 cm³/mol. The smallest absolute Gasteiger partial charge is 0.236 e. The quantitative estimate of drug-likeness (QED) is 0.196. The van der Waals surface area contributed by atoms with Gasteiger partial charge in [-0.05, 0) is 48.5 Å². The summed E-state index contributed by atoms with van der Waals surface area (Å²) in [5.41, 5.74) is 7.51. The molecule has 46 heavy (non-hydrogen) atoms. The number of thiophene rings is 1. The van der Waals surface area contributed by atoms with Crippen molar-refractivity contribution in [2.24, 2.45) is 0 Å². The van der Waals surface area contributed by atoms with Crippen LogP contribution in [0.4, 0.5) is 0 Å². The molecular formula is C40H21N3O2S. The highest BCUT2D eigenvalue weighted by Crippen LogP contribution is 2.44. The van der Waals surface area contributed by atoms with E-state index in [-0.39, 0.29) is 0 Å². The number of hydrogen-bond donors (Lipinski definition) is 0. The lowest BCUT2D eigenvalue weighted by molar-refractivity contribution is 0.662. The molecule has 5 aromatic heterocycles. The van der Waals surface area contributed by atoms with Crippen molar-refractivity contribution < 1.29 is 8.83 Å². The molecule has 0 saturated carbocycles. The van der Waals surface area contributed by atoms with E-state index >= 15 is 0 Å². The second kappa shape index (κ2) is 8.81. The second-order valence-corrected chi connectivity index (χ2v) is 12.8. The first-order valence-corrected chi connectivity index (χ1v) is 16.1. The van der Waals surface area contributed by atoms with E-state index in [2.05, 4.69) is 95.6 Å². The van der Waals surface area contributed by atoms with Crippen LogP contribution in [-0.2, 0) is 0 Å². The first kappa shape index (κ1) is 24.4. The number of hydrogen-bond acceptors (Lipinski definition) is 5. The van der Waals surface area contributed by atoms with Crippen molar-refractivity contribution in [1.29, 1.82) is 0 Å². The van der Waals surface area contributed by atoms with Crippen LogP contribution in [-0.4, -0.2) is 14.5 Å². The van der Waals surface area contributed by atoms with Crippen LogP contribution in [0.2, 0.25) is 0 Å². The fraction of sp³-hybridized carbons (Fsp3) is 0. The molecule has 0 bridgehead atoms. The molecular weight excluding hydrogens is 587 g/mol. The highest BCUT2D eigenvalue weighted by Gasteiger charge is 2.24. The van der Waals surface area contributed by atoms with E-state index in [1.54, 1.807) is 0 Å². The number of benzene rings is 6. The van der Waals surface area contributed by atoms with Crippen molar-refractivity contribution in [1.82, 2.24) is 14.5 Å². The molecule has 6 aromatic carbocycles. The zero-order valence-corrected chi connectivity index (χ0v) is 25.0. The molecule has 5 nitrogen and oxygen atoms in total. The molecule has 11 rings (SSSR count). The van der Waals surface area contributed by atoms with Crippen LogP contribution in [0.1, 0.15) is 0 Å². The van der Waals surface area contributed by atoms with Gasteiger partial charge in [-0.2, -0.15) is 0 Å². The van der Waals surface area contributed by atoms with Gasteiger partial charge in [-0.25, -0.2) is 9.97 Å². The molecule has 0 radical (unpaired) electrons. The van der Waals surface area contributed by atoms with E-state index in [0.717, 1.165) is 55.0 Å². The fourth-order valence-electron chi connectivity index (χ4n) is 7.29. The summed E-state index contributed by atoms with van der Waals surface area (Å²) in [4.78, 5) is 10.6.